The largest absolute Gasteiger partial charge is 0.478 e. The van der Waals surface area contributed by atoms with E-state index in [-0.39, 0.29) is 21.2 Å². The molecule has 0 heterocycles. The first-order valence-corrected chi connectivity index (χ1v) is 9.47. The highest BCUT2D eigenvalue weighted by molar-refractivity contribution is 7.91. The molecule has 1 N–H and O–H groups in total. The summed E-state index contributed by atoms with van der Waals surface area (Å²) in [6.07, 6.45) is 3.58. The Kier molecular flexibility index (Phi) is 5.19. The highest BCUT2D eigenvalue weighted by atomic mass is 32.2. The molecule has 0 radical (unpaired) electrons. The molecule has 3 aromatic carbocycles. The van der Waals surface area contributed by atoms with Gasteiger partial charge in [0.15, 0.2) is 0 Å². The third kappa shape index (κ3) is 4.30. The molecule has 27 heavy (non-hydrogen) atoms. The first kappa shape index (κ1) is 18.5. The highest BCUT2D eigenvalue weighted by Crippen LogP contribution is 2.22. The molecule has 4 nitrogen and oxygen atoms in total. The molecule has 0 aliphatic carbocycles. The Balaban J connectivity index is 1.85. The monoisotopic (exact) mass is 382 g/mol. The van der Waals surface area contributed by atoms with Crippen molar-refractivity contribution in [1.29, 1.82) is 0 Å². The number of hydrogen-bond acceptors (Lipinski definition) is 3. The van der Waals surface area contributed by atoms with Gasteiger partial charge in [-0.15, -0.1) is 0 Å². The maximum atomic E-state index is 12.9. The van der Waals surface area contributed by atoms with E-state index < -0.39 is 15.8 Å². The van der Waals surface area contributed by atoms with E-state index in [1.807, 2.05) is 0 Å². The summed E-state index contributed by atoms with van der Waals surface area (Å²) in [6, 6.07) is 17.5. The zero-order chi connectivity index (χ0) is 19.4. The van der Waals surface area contributed by atoms with Crippen LogP contribution in [0.4, 0.5) is 4.39 Å². The minimum Gasteiger partial charge on any atom is -0.478 e. The quantitative estimate of drug-likeness (QED) is 0.658. The fraction of sp³-hybridized carbons (Fsp3) is 0. The number of carboxylic acids is 1. The molecule has 0 unspecified atom stereocenters. The number of benzene rings is 3. The fourth-order valence-electron chi connectivity index (χ4n) is 2.46. The standard InChI is InChI=1S/C21H15FO4S/c22-18-10-6-15(7-11-18)4-5-16-8-12-19(13-9-16)27(25,26)20-3-1-2-17(14-20)21(23)24/h1-14H,(H,23,24). The van der Waals surface area contributed by atoms with Crippen molar-refractivity contribution in [2.75, 3.05) is 0 Å². The number of sulfone groups is 1. The van der Waals surface area contributed by atoms with Crippen molar-refractivity contribution in [3.63, 3.8) is 0 Å². The van der Waals surface area contributed by atoms with E-state index in [2.05, 4.69) is 0 Å². The van der Waals surface area contributed by atoms with Gasteiger partial charge < -0.3 is 5.11 Å². The second-order valence-electron chi connectivity index (χ2n) is 5.79. The van der Waals surface area contributed by atoms with Crippen molar-refractivity contribution < 1.29 is 22.7 Å². The Bertz CT molecular complexity index is 1100. The van der Waals surface area contributed by atoms with Gasteiger partial charge in [-0.05, 0) is 53.6 Å². The van der Waals surface area contributed by atoms with E-state index in [9.17, 15) is 17.6 Å². The van der Waals surface area contributed by atoms with Gasteiger partial charge in [-0.25, -0.2) is 17.6 Å². The third-order valence-electron chi connectivity index (χ3n) is 3.92. The van der Waals surface area contributed by atoms with E-state index in [4.69, 9.17) is 5.11 Å². The summed E-state index contributed by atoms with van der Waals surface area (Å²) in [7, 11) is -3.81. The summed E-state index contributed by atoms with van der Waals surface area (Å²) < 4.78 is 38.3. The number of rotatable bonds is 5. The molecule has 0 bridgehead atoms. The van der Waals surface area contributed by atoms with Gasteiger partial charge in [-0.2, -0.15) is 0 Å². The summed E-state index contributed by atoms with van der Waals surface area (Å²) in [5.74, 6) is -1.50. The molecule has 136 valence electrons. The summed E-state index contributed by atoms with van der Waals surface area (Å²) >= 11 is 0. The van der Waals surface area contributed by atoms with Gasteiger partial charge in [-0.3, -0.25) is 0 Å². The first-order chi connectivity index (χ1) is 12.9. The Hall–Kier alpha value is -3.25. The number of halogens is 1. The van der Waals surface area contributed by atoms with Crippen LogP contribution in [-0.4, -0.2) is 19.5 Å². The topological polar surface area (TPSA) is 71.4 Å². The predicted octanol–water partition coefficient (Wildman–Crippen LogP) is 4.53. The van der Waals surface area contributed by atoms with E-state index in [0.29, 0.717) is 0 Å². The lowest BCUT2D eigenvalue weighted by Gasteiger charge is -2.06. The normalized spacial score (nSPS) is 11.6. The molecule has 0 spiro atoms. The Labute approximate surface area is 156 Å². The molecule has 6 heteroatoms. The van der Waals surface area contributed by atoms with E-state index in [0.717, 1.165) is 17.2 Å². The van der Waals surface area contributed by atoms with Crippen molar-refractivity contribution in [3.8, 4) is 0 Å². The zero-order valence-corrected chi connectivity index (χ0v) is 14.9. The van der Waals surface area contributed by atoms with Crippen LogP contribution in [0.3, 0.4) is 0 Å². The number of hydrogen-bond donors (Lipinski definition) is 1. The van der Waals surface area contributed by atoms with Crippen molar-refractivity contribution in [2.24, 2.45) is 0 Å². The molecule has 0 aliphatic heterocycles. The lowest BCUT2D eigenvalue weighted by atomic mass is 10.1. The van der Waals surface area contributed by atoms with Crippen LogP contribution < -0.4 is 0 Å². The molecule has 3 rings (SSSR count). The van der Waals surface area contributed by atoms with Gasteiger partial charge in [0.25, 0.3) is 0 Å². The SMILES string of the molecule is O=C(O)c1cccc(S(=O)(=O)c2ccc(C=Cc3ccc(F)cc3)cc2)c1. The number of aromatic carboxylic acids is 1. The second kappa shape index (κ2) is 7.55. The van der Waals surface area contributed by atoms with E-state index in [1.54, 1.807) is 36.4 Å². The molecule has 0 aromatic heterocycles. The average Bonchev–Trinajstić information content (AvgIpc) is 2.68. The fourth-order valence-corrected chi connectivity index (χ4v) is 3.76. The minimum absolute atomic E-state index is 0.0722. The smallest absolute Gasteiger partial charge is 0.335 e. The predicted molar refractivity (Wildman–Crippen MR) is 101 cm³/mol. The van der Waals surface area contributed by atoms with Crippen LogP contribution in [0.25, 0.3) is 12.2 Å². The van der Waals surface area contributed by atoms with Gasteiger partial charge in [-0.1, -0.05) is 42.5 Å². The van der Waals surface area contributed by atoms with E-state index in [1.165, 1.54) is 42.5 Å². The lowest BCUT2D eigenvalue weighted by molar-refractivity contribution is 0.0696. The molecule has 0 saturated carbocycles. The van der Waals surface area contributed by atoms with Gasteiger partial charge >= 0.3 is 5.97 Å². The van der Waals surface area contributed by atoms with Crippen molar-refractivity contribution in [2.45, 2.75) is 9.79 Å². The van der Waals surface area contributed by atoms with E-state index >= 15 is 0 Å². The molecule has 0 amide bonds. The number of carboxylic acid groups (broad SMARTS) is 1. The van der Waals surface area contributed by atoms with Gasteiger partial charge in [0.05, 0.1) is 15.4 Å². The molecule has 0 aliphatic rings. The molecular weight excluding hydrogens is 367 g/mol. The lowest BCUT2D eigenvalue weighted by Crippen LogP contribution is -2.04. The summed E-state index contributed by atoms with van der Waals surface area (Å²) in [5, 5.41) is 9.03. The van der Waals surface area contributed by atoms with Crippen LogP contribution in [0.1, 0.15) is 21.5 Å². The van der Waals surface area contributed by atoms with Crippen LogP contribution in [0.15, 0.2) is 82.6 Å². The summed E-state index contributed by atoms with van der Waals surface area (Å²) in [6.45, 7) is 0. The highest BCUT2D eigenvalue weighted by Gasteiger charge is 2.18. The minimum atomic E-state index is -3.81. The van der Waals surface area contributed by atoms with Crippen LogP contribution in [0.2, 0.25) is 0 Å². The van der Waals surface area contributed by atoms with Crippen LogP contribution in [-0.2, 0) is 9.84 Å². The van der Waals surface area contributed by atoms with Crippen molar-refractivity contribution >= 4 is 28.0 Å². The molecule has 0 saturated heterocycles. The van der Waals surface area contributed by atoms with Crippen molar-refractivity contribution in [1.82, 2.24) is 0 Å². The average molecular weight is 382 g/mol. The zero-order valence-electron chi connectivity index (χ0n) is 14.0. The maximum Gasteiger partial charge on any atom is 0.335 e. The molecule has 0 atom stereocenters. The summed E-state index contributed by atoms with van der Waals surface area (Å²) in [4.78, 5) is 11.0. The Morgan fingerprint density at radius 3 is 1.93 bits per heavy atom. The van der Waals surface area contributed by atoms with Gasteiger partial charge in [0.1, 0.15) is 5.82 Å². The molecule has 0 fully saturated rings. The van der Waals surface area contributed by atoms with Gasteiger partial charge in [0, 0.05) is 0 Å². The van der Waals surface area contributed by atoms with Crippen LogP contribution in [0.5, 0.6) is 0 Å². The number of carbonyl (C=O) groups is 1. The first-order valence-electron chi connectivity index (χ1n) is 7.98. The van der Waals surface area contributed by atoms with Crippen LogP contribution >= 0.6 is 0 Å². The van der Waals surface area contributed by atoms with Crippen molar-refractivity contribution in [3.05, 3.63) is 95.3 Å². The van der Waals surface area contributed by atoms with Crippen LogP contribution in [0, 0.1) is 5.82 Å². The summed E-state index contributed by atoms with van der Waals surface area (Å²) in [5.41, 5.74) is 1.51. The second-order valence-corrected chi connectivity index (χ2v) is 7.74. The molecular formula is C21H15FO4S. The third-order valence-corrected chi connectivity index (χ3v) is 5.69. The maximum absolute atomic E-state index is 12.9. The Morgan fingerprint density at radius 2 is 1.37 bits per heavy atom. The van der Waals surface area contributed by atoms with Gasteiger partial charge in [0.2, 0.25) is 9.84 Å². The molecule has 3 aromatic rings. The Morgan fingerprint density at radius 1 is 0.815 bits per heavy atom.